The van der Waals surface area contributed by atoms with Crippen LogP contribution < -0.4 is 0 Å². The molecule has 0 radical (unpaired) electrons. The molecule has 0 bridgehead atoms. The molecule has 0 spiro atoms. The van der Waals surface area contributed by atoms with Gasteiger partial charge in [0.05, 0.1) is 6.61 Å². The van der Waals surface area contributed by atoms with Gasteiger partial charge in [-0.25, -0.2) is 4.79 Å². The van der Waals surface area contributed by atoms with Crippen molar-refractivity contribution in [3.05, 3.63) is 12.2 Å². The van der Waals surface area contributed by atoms with Crippen LogP contribution in [0.1, 0.15) is 27.2 Å². The maximum atomic E-state index is 11.4. The Morgan fingerprint density at radius 3 is 2.38 bits per heavy atom. The molecule has 0 N–H and O–H groups in total. The Labute approximate surface area is 97.8 Å². The average molecular weight is 247 g/mol. The van der Waals surface area contributed by atoms with Crippen LogP contribution in [0.3, 0.4) is 0 Å². The van der Waals surface area contributed by atoms with Crippen LogP contribution in [0.4, 0.5) is 0 Å². The molecule has 5 heteroatoms. The second kappa shape index (κ2) is 6.77. The lowest BCUT2D eigenvalue weighted by Crippen LogP contribution is -2.25. The van der Waals surface area contributed by atoms with Crippen molar-refractivity contribution in [2.45, 2.75) is 32.5 Å². The van der Waals surface area contributed by atoms with Crippen LogP contribution >= 0.6 is 7.80 Å². The van der Waals surface area contributed by atoms with E-state index in [2.05, 4.69) is 6.58 Å². The second-order valence-corrected chi connectivity index (χ2v) is 5.73. The summed E-state index contributed by atoms with van der Waals surface area (Å²) in [4.78, 5) is 11.0. The summed E-state index contributed by atoms with van der Waals surface area (Å²) in [6.45, 7) is 10.8. The van der Waals surface area contributed by atoms with Crippen LogP contribution in [0.25, 0.3) is 0 Å². The quantitative estimate of drug-likeness (QED) is 0.300. The van der Waals surface area contributed by atoms with Gasteiger partial charge in [0.25, 0.3) is 5.34 Å². The minimum Gasteiger partial charge on any atom is -0.460 e. The molecule has 0 amide bonds. The lowest BCUT2D eigenvalue weighted by molar-refractivity contribution is -0.141. The first kappa shape index (κ1) is 15.3. The first-order valence-corrected chi connectivity index (χ1v) is 6.91. The van der Waals surface area contributed by atoms with E-state index < -0.39 is 19.1 Å². The standard InChI is InChI=1S/C11H20O4P/c1-6-11(4,16(5)13)15-8-7-14-10(12)9(2)3/h2,6-8H2,1,3-5H3/q+1/t11-/m0/s1. The van der Waals surface area contributed by atoms with Crippen molar-refractivity contribution in [1.29, 1.82) is 0 Å². The number of rotatable bonds is 7. The van der Waals surface area contributed by atoms with Crippen LogP contribution in [-0.4, -0.2) is 31.2 Å². The fourth-order valence-electron chi connectivity index (χ4n) is 0.935. The summed E-state index contributed by atoms with van der Waals surface area (Å²) in [6, 6.07) is 0. The molecular formula is C11H20O4P+. The molecule has 0 aromatic carbocycles. The van der Waals surface area contributed by atoms with Crippen LogP contribution in [0.2, 0.25) is 0 Å². The van der Waals surface area contributed by atoms with Crippen LogP contribution in [0.5, 0.6) is 0 Å². The normalized spacial score (nSPS) is 15.1. The van der Waals surface area contributed by atoms with Crippen LogP contribution in [0.15, 0.2) is 12.2 Å². The van der Waals surface area contributed by atoms with E-state index in [-0.39, 0.29) is 13.2 Å². The Bertz CT molecular complexity index is 288. The van der Waals surface area contributed by atoms with Gasteiger partial charge in [-0.05, 0) is 6.92 Å². The monoisotopic (exact) mass is 247 g/mol. The summed E-state index contributed by atoms with van der Waals surface area (Å²) in [6.07, 6.45) is 0.660. The lowest BCUT2D eigenvalue weighted by Gasteiger charge is -2.17. The molecule has 0 saturated heterocycles. The Morgan fingerprint density at radius 1 is 1.44 bits per heavy atom. The summed E-state index contributed by atoms with van der Waals surface area (Å²) < 4.78 is 21.8. The van der Waals surface area contributed by atoms with Crippen LogP contribution in [-0.2, 0) is 18.8 Å². The van der Waals surface area contributed by atoms with E-state index in [1.54, 1.807) is 20.5 Å². The molecule has 0 heterocycles. The highest BCUT2D eigenvalue weighted by atomic mass is 31.1. The molecule has 0 aromatic heterocycles. The molecule has 0 rings (SSSR count). The zero-order valence-corrected chi connectivity index (χ0v) is 11.3. The third-order valence-electron chi connectivity index (χ3n) is 2.40. The molecule has 0 aromatic rings. The summed E-state index contributed by atoms with van der Waals surface area (Å²) in [7, 11) is -1.42. The Balaban J connectivity index is 3.94. The van der Waals surface area contributed by atoms with Crippen molar-refractivity contribution in [1.82, 2.24) is 0 Å². The number of hydrogen-bond acceptors (Lipinski definition) is 4. The Morgan fingerprint density at radius 2 is 2.00 bits per heavy atom. The second-order valence-electron chi connectivity index (χ2n) is 3.79. The van der Waals surface area contributed by atoms with Gasteiger partial charge in [-0.1, -0.05) is 18.1 Å². The van der Waals surface area contributed by atoms with Crippen molar-refractivity contribution in [3.63, 3.8) is 0 Å². The number of hydrogen-bond donors (Lipinski definition) is 0. The zero-order chi connectivity index (χ0) is 12.8. The van der Waals surface area contributed by atoms with Crippen molar-refractivity contribution in [3.8, 4) is 0 Å². The largest absolute Gasteiger partial charge is 0.460 e. The van der Waals surface area contributed by atoms with E-state index in [9.17, 15) is 9.36 Å². The van der Waals surface area contributed by atoms with Crippen molar-refractivity contribution >= 4 is 13.8 Å². The molecule has 1 unspecified atom stereocenters. The van der Waals surface area contributed by atoms with E-state index in [1.807, 2.05) is 6.92 Å². The zero-order valence-electron chi connectivity index (χ0n) is 10.4. The molecule has 0 fully saturated rings. The number of carbonyl (C=O) groups excluding carboxylic acids is 1. The van der Waals surface area contributed by atoms with Gasteiger partial charge in [0, 0.05) is 18.9 Å². The predicted molar refractivity (Wildman–Crippen MR) is 64.0 cm³/mol. The molecule has 0 aliphatic heterocycles. The van der Waals surface area contributed by atoms with E-state index >= 15 is 0 Å². The minimum atomic E-state index is -1.42. The van der Waals surface area contributed by atoms with Crippen molar-refractivity contribution in [2.24, 2.45) is 0 Å². The van der Waals surface area contributed by atoms with Gasteiger partial charge in [-0.2, -0.15) is 0 Å². The molecule has 0 saturated carbocycles. The lowest BCUT2D eigenvalue weighted by atomic mass is 10.3. The van der Waals surface area contributed by atoms with Gasteiger partial charge in [0.1, 0.15) is 13.3 Å². The highest BCUT2D eigenvalue weighted by molar-refractivity contribution is 7.45. The molecule has 0 aliphatic rings. The van der Waals surface area contributed by atoms with Crippen molar-refractivity contribution in [2.75, 3.05) is 19.9 Å². The molecular weight excluding hydrogens is 227 g/mol. The van der Waals surface area contributed by atoms with E-state index in [0.29, 0.717) is 12.0 Å². The third kappa shape index (κ3) is 4.86. The van der Waals surface area contributed by atoms with Crippen molar-refractivity contribution < 1.29 is 18.8 Å². The Hall–Kier alpha value is -0.730. The maximum Gasteiger partial charge on any atom is 0.369 e. The summed E-state index contributed by atoms with van der Waals surface area (Å²) in [5, 5.41) is -0.634. The predicted octanol–water partition coefficient (Wildman–Crippen LogP) is 2.71. The summed E-state index contributed by atoms with van der Waals surface area (Å²) >= 11 is 0. The SMILES string of the molecule is C=C(C)C(=O)OCCO[C@](C)(CC)[P+](C)=O. The highest BCUT2D eigenvalue weighted by Crippen LogP contribution is 2.39. The maximum absolute atomic E-state index is 11.4. The molecule has 4 nitrogen and oxygen atoms in total. The fraction of sp³-hybridized carbons (Fsp3) is 0.727. The van der Waals surface area contributed by atoms with Gasteiger partial charge in [-0.3, -0.25) is 0 Å². The minimum absolute atomic E-state index is 0.157. The van der Waals surface area contributed by atoms with E-state index in [0.717, 1.165) is 0 Å². The van der Waals surface area contributed by atoms with Gasteiger partial charge >= 0.3 is 13.8 Å². The molecule has 0 aliphatic carbocycles. The number of carbonyl (C=O) groups is 1. The first-order chi connectivity index (χ1) is 7.33. The molecule has 2 atom stereocenters. The number of esters is 1. The van der Waals surface area contributed by atoms with Gasteiger partial charge in [0.2, 0.25) is 0 Å². The molecule has 16 heavy (non-hydrogen) atoms. The topological polar surface area (TPSA) is 52.6 Å². The third-order valence-corrected chi connectivity index (χ3v) is 4.18. The summed E-state index contributed by atoms with van der Waals surface area (Å²) in [5.74, 6) is -0.428. The van der Waals surface area contributed by atoms with Crippen LogP contribution in [0, 0.1) is 0 Å². The van der Waals surface area contributed by atoms with Gasteiger partial charge in [0.15, 0.2) is 0 Å². The van der Waals surface area contributed by atoms with Gasteiger partial charge < -0.3 is 9.47 Å². The number of ether oxygens (including phenoxy) is 2. The first-order valence-electron chi connectivity index (χ1n) is 5.21. The highest BCUT2D eigenvalue weighted by Gasteiger charge is 2.39. The van der Waals surface area contributed by atoms with Gasteiger partial charge in [-0.15, -0.1) is 0 Å². The molecule has 92 valence electrons. The average Bonchev–Trinajstić information content (AvgIpc) is 2.23. The smallest absolute Gasteiger partial charge is 0.369 e. The fourth-order valence-corrected chi connectivity index (χ4v) is 1.65. The van der Waals surface area contributed by atoms with E-state index in [1.165, 1.54) is 0 Å². The van der Waals surface area contributed by atoms with E-state index in [4.69, 9.17) is 9.47 Å². The summed E-state index contributed by atoms with van der Waals surface area (Å²) in [5.41, 5.74) is 0.361. The Kier molecular flexibility index (Phi) is 6.46.